The van der Waals surface area contributed by atoms with Crippen molar-refractivity contribution < 1.29 is 9.53 Å². The summed E-state index contributed by atoms with van der Waals surface area (Å²) in [6, 6.07) is 2.02. The molecule has 2 atom stereocenters. The van der Waals surface area contributed by atoms with Gasteiger partial charge in [0.25, 0.3) is 0 Å². The minimum Gasteiger partial charge on any atom is -0.460 e. The molecule has 0 radical (unpaired) electrons. The zero-order valence-electron chi connectivity index (χ0n) is 11.4. The van der Waals surface area contributed by atoms with Crippen LogP contribution >= 0.6 is 15.9 Å². The Morgan fingerprint density at radius 1 is 1.42 bits per heavy atom. The van der Waals surface area contributed by atoms with Gasteiger partial charge in [0.2, 0.25) is 0 Å². The van der Waals surface area contributed by atoms with E-state index in [4.69, 9.17) is 4.74 Å². The van der Waals surface area contributed by atoms with E-state index >= 15 is 0 Å². The second-order valence-electron chi connectivity index (χ2n) is 5.84. The number of carbonyl (C=O) groups excluding carboxylic acids is 1. The SMILES string of the molecule is CC(C)(C)OC(=O)C1CNCC1c1cncc(Br)c1. The molecule has 0 aliphatic carbocycles. The molecule has 1 aromatic rings. The number of aromatic nitrogens is 1. The van der Waals surface area contributed by atoms with Gasteiger partial charge in [0.1, 0.15) is 5.60 Å². The van der Waals surface area contributed by atoms with Gasteiger partial charge in [0.15, 0.2) is 0 Å². The fraction of sp³-hybridized carbons (Fsp3) is 0.571. The second kappa shape index (κ2) is 5.59. The maximum absolute atomic E-state index is 12.2. The van der Waals surface area contributed by atoms with Crippen molar-refractivity contribution in [2.75, 3.05) is 13.1 Å². The predicted octanol–water partition coefficient (Wildman–Crippen LogP) is 2.49. The van der Waals surface area contributed by atoms with Crippen LogP contribution in [0.25, 0.3) is 0 Å². The van der Waals surface area contributed by atoms with E-state index in [0.717, 1.165) is 16.6 Å². The number of esters is 1. The summed E-state index contributed by atoms with van der Waals surface area (Å²) in [4.78, 5) is 16.4. The smallest absolute Gasteiger partial charge is 0.311 e. The summed E-state index contributed by atoms with van der Waals surface area (Å²) in [5.41, 5.74) is 0.620. The first-order valence-corrected chi connectivity index (χ1v) is 7.20. The first-order chi connectivity index (χ1) is 8.87. The Morgan fingerprint density at radius 2 is 2.16 bits per heavy atom. The third-order valence-corrected chi connectivity index (χ3v) is 3.51. The topological polar surface area (TPSA) is 51.2 Å². The highest BCUT2D eigenvalue weighted by molar-refractivity contribution is 9.10. The van der Waals surface area contributed by atoms with Crippen LogP contribution in [0.3, 0.4) is 0 Å². The van der Waals surface area contributed by atoms with E-state index in [9.17, 15) is 4.79 Å². The average molecular weight is 327 g/mol. The fourth-order valence-electron chi connectivity index (χ4n) is 2.29. The number of rotatable bonds is 2. The molecule has 1 fully saturated rings. The molecule has 19 heavy (non-hydrogen) atoms. The van der Waals surface area contributed by atoms with Crippen LogP contribution < -0.4 is 5.32 Å². The molecule has 5 heteroatoms. The molecular formula is C14H19BrN2O2. The van der Waals surface area contributed by atoms with E-state index in [1.807, 2.05) is 33.0 Å². The number of halogens is 1. The summed E-state index contributed by atoms with van der Waals surface area (Å²) in [6.45, 7) is 7.11. The van der Waals surface area contributed by atoms with Crippen molar-refractivity contribution in [2.24, 2.45) is 5.92 Å². The van der Waals surface area contributed by atoms with Gasteiger partial charge in [-0.3, -0.25) is 9.78 Å². The third-order valence-electron chi connectivity index (χ3n) is 3.08. The molecule has 2 rings (SSSR count). The normalized spacial score (nSPS) is 23.4. The lowest BCUT2D eigenvalue weighted by Crippen LogP contribution is -2.31. The van der Waals surface area contributed by atoms with Crippen molar-refractivity contribution in [1.29, 1.82) is 0 Å². The summed E-state index contributed by atoms with van der Waals surface area (Å²) in [5, 5.41) is 3.26. The molecule has 1 aliphatic rings. The Morgan fingerprint density at radius 3 is 2.79 bits per heavy atom. The fourth-order valence-corrected chi connectivity index (χ4v) is 2.67. The molecule has 0 aromatic carbocycles. The zero-order valence-corrected chi connectivity index (χ0v) is 13.0. The Kier molecular flexibility index (Phi) is 4.26. The van der Waals surface area contributed by atoms with Gasteiger partial charge in [-0.25, -0.2) is 0 Å². The number of hydrogen-bond donors (Lipinski definition) is 1. The van der Waals surface area contributed by atoms with Gasteiger partial charge >= 0.3 is 5.97 Å². The summed E-state index contributed by atoms with van der Waals surface area (Å²) < 4.78 is 6.42. The lowest BCUT2D eigenvalue weighted by molar-refractivity contribution is -0.159. The maximum atomic E-state index is 12.2. The Balaban J connectivity index is 2.15. The van der Waals surface area contributed by atoms with Crippen LogP contribution in [-0.2, 0) is 9.53 Å². The highest BCUT2D eigenvalue weighted by atomic mass is 79.9. The van der Waals surface area contributed by atoms with Gasteiger partial charge in [-0.1, -0.05) is 0 Å². The van der Waals surface area contributed by atoms with Gasteiger partial charge in [0, 0.05) is 35.9 Å². The van der Waals surface area contributed by atoms with E-state index < -0.39 is 5.60 Å². The van der Waals surface area contributed by atoms with Crippen molar-refractivity contribution in [2.45, 2.75) is 32.3 Å². The minimum absolute atomic E-state index is 0.125. The highest BCUT2D eigenvalue weighted by Crippen LogP contribution is 2.31. The van der Waals surface area contributed by atoms with Crippen molar-refractivity contribution in [1.82, 2.24) is 10.3 Å². The first-order valence-electron chi connectivity index (χ1n) is 6.41. The molecule has 1 aliphatic heterocycles. The third kappa shape index (κ3) is 3.76. The minimum atomic E-state index is -0.445. The molecular weight excluding hydrogens is 308 g/mol. The number of ether oxygens (including phenoxy) is 1. The van der Waals surface area contributed by atoms with Gasteiger partial charge in [-0.05, 0) is 48.3 Å². The quantitative estimate of drug-likeness (QED) is 0.848. The Hall–Kier alpha value is -0.940. The predicted molar refractivity (Wildman–Crippen MR) is 76.9 cm³/mol. The standard InChI is InChI=1S/C14H19BrN2O2/c1-14(2,3)19-13(18)12-8-17-7-11(12)9-4-10(15)6-16-5-9/h4-6,11-12,17H,7-8H2,1-3H3. The Bertz CT molecular complexity index is 471. The molecule has 1 N–H and O–H groups in total. The first kappa shape index (κ1) is 14.5. The number of pyridine rings is 1. The van der Waals surface area contributed by atoms with E-state index in [0.29, 0.717) is 6.54 Å². The molecule has 0 saturated carbocycles. The largest absolute Gasteiger partial charge is 0.460 e. The van der Waals surface area contributed by atoms with E-state index in [2.05, 4.69) is 26.2 Å². The lowest BCUT2D eigenvalue weighted by atomic mass is 9.90. The number of carbonyl (C=O) groups is 1. The van der Waals surface area contributed by atoms with Crippen LogP contribution in [0.5, 0.6) is 0 Å². The van der Waals surface area contributed by atoms with Crippen LogP contribution in [0.4, 0.5) is 0 Å². The number of hydrogen-bond acceptors (Lipinski definition) is 4. The lowest BCUT2D eigenvalue weighted by Gasteiger charge is -2.24. The van der Waals surface area contributed by atoms with Crippen LogP contribution in [0.15, 0.2) is 22.9 Å². The molecule has 1 aromatic heterocycles. The summed E-state index contributed by atoms with van der Waals surface area (Å²) >= 11 is 3.42. The summed E-state index contributed by atoms with van der Waals surface area (Å²) in [6.07, 6.45) is 3.56. The van der Waals surface area contributed by atoms with Crippen molar-refractivity contribution in [3.63, 3.8) is 0 Å². The number of nitrogens with one attached hydrogen (secondary N) is 1. The van der Waals surface area contributed by atoms with Crippen molar-refractivity contribution >= 4 is 21.9 Å². The highest BCUT2D eigenvalue weighted by Gasteiger charge is 2.36. The van der Waals surface area contributed by atoms with Crippen LogP contribution in [0.2, 0.25) is 0 Å². The monoisotopic (exact) mass is 326 g/mol. The van der Waals surface area contributed by atoms with Crippen LogP contribution in [0.1, 0.15) is 32.3 Å². The van der Waals surface area contributed by atoms with E-state index in [1.54, 1.807) is 6.20 Å². The van der Waals surface area contributed by atoms with Gasteiger partial charge in [0.05, 0.1) is 5.92 Å². The van der Waals surface area contributed by atoms with E-state index in [1.165, 1.54) is 0 Å². The zero-order chi connectivity index (χ0) is 14.0. The van der Waals surface area contributed by atoms with Crippen molar-refractivity contribution in [3.05, 3.63) is 28.5 Å². The summed E-state index contributed by atoms with van der Waals surface area (Å²) in [5.74, 6) is -0.155. The molecule has 1 saturated heterocycles. The average Bonchev–Trinajstić information content (AvgIpc) is 2.75. The van der Waals surface area contributed by atoms with Gasteiger partial charge in [-0.2, -0.15) is 0 Å². The maximum Gasteiger partial charge on any atom is 0.311 e. The van der Waals surface area contributed by atoms with Gasteiger partial charge < -0.3 is 10.1 Å². The van der Waals surface area contributed by atoms with Crippen LogP contribution in [0, 0.1) is 5.92 Å². The molecule has 4 nitrogen and oxygen atoms in total. The second-order valence-corrected chi connectivity index (χ2v) is 6.76. The molecule has 0 bridgehead atoms. The Labute approximate surface area is 122 Å². The molecule has 2 heterocycles. The summed E-state index contributed by atoms with van der Waals surface area (Å²) in [7, 11) is 0. The molecule has 0 spiro atoms. The molecule has 2 unspecified atom stereocenters. The molecule has 0 amide bonds. The van der Waals surface area contributed by atoms with E-state index in [-0.39, 0.29) is 17.8 Å². The van der Waals surface area contributed by atoms with Crippen LogP contribution in [-0.4, -0.2) is 29.6 Å². The van der Waals surface area contributed by atoms with Gasteiger partial charge in [-0.15, -0.1) is 0 Å². The van der Waals surface area contributed by atoms with Crippen molar-refractivity contribution in [3.8, 4) is 0 Å². The number of nitrogens with zero attached hydrogens (tertiary/aromatic N) is 1. The molecule has 104 valence electrons.